The Morgan fingerprint density at radius 1 is 1.13 bits per heavy atom. The van der Waals surface area contributed by atoms with Gasteiger partial charge in [0, 0.05) is 22.5 Å². The summed E-state index contributed by atoms with van der Waals surface area (Å²) in [6.07, 6.45) is 0.302. The summed E-state index contributed by atoms with van der Waals surface area (Å²) < 4.78 is 22.1. The predicted octanol–water partition coefficient (Wildman–Crippen LogP) is 5.01. The Morgan fingerprint density at radius 3 is 2.74 bits per heavy atom. The number of benzene rings is 2. The number of carbonyl (C=O) groups is 1. The first-order chi connectivity index (χ1) is 15.2. The third kappa shape index (κ3) is 5.00. The lowest BCUT2D eigenvalue weighted by Gasteiger charge is -2.03. The second-order valence-electron chi connectivity index (χ2n) is 6.45. The maximum atomic E-state index is 12.2. The van der Waals surface area contributed by atoms with Gasteiger partial charge in [0.25, 0.3) is 5.89 Å². The predicted molar refractivity (Wildman–Crippen MR) is 118 cm³/mol. The molecular weight excluding hydrogens is 418 g/mol. The molecule has 0 saturated carbocycles. The zero-order valence-corrected chi connectivity index (χ0v) is 17.9. The van der Waals surface area contributed by atoms with E-state index in [1.165, 1.54) is 0 Å². The van der Waals surface area contributed by atoms with Crippen molar-refractivity contribution in [1.82, 2.24) is 10.2 Å². The molecule has 1 N–H and O–H groups in total. The number of ether oxygens (including phenoxy) is 2. The Bertz CT molecular complexity index is 1170. The van der Waals surface area contributed by atoms with E-state index in [4.69, 9.17) is 18.3 Å². The number of nitrogens with one attached hydrogen (secondary N) is 1. The van der Waals surface area contributed by atoms with E-state index in [2.05, 4.69) is 15.5 Å². The first-order valence-corrected chi connectivity index (χ1v) is 10.7. The van der Waals surface area contributed by atoms with E-state index in [1.807, 2.05) is 49.4 Å². The van der Waals surface area contributed by atoms with Crippen molar-refractivity contribution in [2.24, 2.45) is 0 Å². The zero-order valence-electron chi connectivity index (χ0n) is 17.1. The van der Waals surface area contributed by atoms with Gasteiger partial charge in [-0.3, -0.25) is 10.1 Å². The fourth-order valence-electron chi connectivity index (χ4n) is 2.90. The molecule has 0 aliphatic carbocycles. The Kier molecular flexibility index (Phi) is 6.42. The fraction of sp³-hybridized carbons (Fsp3) is 0.227. The highest BCUT2D eigenvalue weighted by molar-refractivity contribution is 7.99. The van der Waals surface area contributed by atoms with Crippen molar-refractivity contribution in [2.45, 2.75) is 18.2 Å². The highest BCUT2D eigenvalue weighted by Crippen LogP contribution is 2.33. The maximum absolute atomic E-state index is 12.2. The van der Waals surface area contributed by atoms with E-state index in [1.54, 1.807) is 24.9 Å². The van der Waals surface area contributed by atoms with Crippen molar-refractivity contribution in [3.63, 3.8) is 0 Å². The molecule has 2 aromatic carbocycles. The zero-order chi connectivity index (χ0) is 21.6. The molecule has 0 unspecified atom stereocenters. The third-order valence-corrected chi connectivity index (χ3v) is 5.36. The van der Waals surface area contributed by atoms with Gasteiger partial charge in [-0.1, -0.05) is 17.2 Å². The lowest BCUT2D eigenvalue weighted by molar-refractivity contribution is -0.115. The average molecular weight is 439 g/mol. The van der Waals surface area contributed by atoms with Gasteiger partial charge in [-0.05, 0) is 43.3 Å². The highest BCUT2D eigenvalue weighted by Gasteiger charge is 2.17. The van der Waals surface area contributed by atoms with Gasteiger partial charge >= 0.3 is 6.01 Å². The number of furan rings is 1. The van der Waals surface area contributed by atoms with E-state index in [0.29, 0.717) is 35.9 Å². The van der Waals surface area contributed by atoms with Crippen LogP contribution < -0.4 is 14.8 Å². The van der Waals surface area contributed by atoms with Crippen molar-refractivity contribution in [3.8, 4) is 23.1 Å². The number of nitrogens with zero attached hydrogens (tertiary/aromatic N) is 2. The number of amides is 1. The monoisotopic (exact) mass is 439 g/mol. The number of fused-ring (bicyclic) bond motifs is 1. The summed E-state index contributed by atoms with van der Waals surface area (Å²) in [6.45, 7) is 2.44. The van der Waals surface area contributed by atoms with Gasteiger partial charge in [0.05, 0.1) is 13.7 Å². The van der Waals surface area contributed by atoms with Crippen molar-refractivity contribution in [1.29, 1.82) is 0 Å². The summed E-state index contributed by atoms with van der Waals surface area (Å²) in [7, 11) is 1.63. The number of carbonyl (C=O) groups excluding carboxylic acids is 1. The van der Waals surface area contributed by atoms with Crippen LogP contribution in [0, 0.1) is 0 Å². The average Bonchev–Trinajstić information content (AvgIpc) is 3.42. The number of rotatable bonds is 9. The second kappa shape index (κ2) is 9.57. The first-order valence-electron chi connectivity index (χ1n) is 9.72. The van der Waals surface area contributed by atoms with Crippen LogP contribution in [0.15, 0.2) is 62.3 Å². The summed E-state index contributed by atoms with van der Waals surface area (Å²) in [4.78, 5) is 13.3. The highest BCUT2D eigenvalue weighted by atomic mass is 32.2. The quantitative estimate of drug-likeness (QED) is 0.363. The van der Waals surface area contributed by atoms with Gasteiger partial charge in [0.2, 0.25) is 5.91 Å². The molecular formula is C22H21N3O5S. The molecule has 0 fully saturated rings. The van der Waals surface area contributed by atoms with Crippen LogP contribution in [-0.4, -0.2) is 35.6 Å². The van der Waals surface area contributed by atoms with Crippen LogP contribution in [-0.2, 0) is 4.79 Å². The molecule has 0 spiro atoms. The van der Waals surface area contributed by atoms with Crippen LogP contribution in [0.1, 0.15) is 13.3 Å². The fourth-order valence-corrected chi connectivity index (χ4v) is 3.75. The summed E-state index contributed by atoms with van der Waals surface area (Å²) in [5, 5.41) is 11.3. The molecule has 4 rings (SSSR count). The number of aromatic nitrogens is 2. The number of hydrogen-bond donors (Lipinski definition) is 1. The largest absolute Gasteiger partial charge is 0.497 e. The van der Waals surface area contributed by atoms with Gasteiger partial charge in [-0.2, -0.15) is 0 Å². The Morgan fingerprint density at radius 2 is 1.97 bits per heavy atom. The molecule has 0 bridgehead atoms. The second-order valence-corrected chi connectivity index (χ2v) is 7.62. The van der Waals surface area contributed by atoms with E-state index in [9.17, 15) is 4.79 Å². The van der Waals surface area contributed by atoms with E-state index in [0.717, 1.165) is 16.0 Å². The molecule has 0 atom stereocenters. The van der Waals surface area contributed by atoms with Crippen LogP contribution in [0.25, 0.3) is 22.6 Å². The molecule has 0 radical (unpaired) electrons. The van der Waals surface area contributed by atoms with Crippen molar-refractivity contribution >= 4 is 34.7 Å². The number of para-hydroxylation sites is 1. The molecule has 1 amide bonds. The maximum Gasteiger partial charge on any atom is 0.322 e. The van der Waals surface area contributed by atoms with Gasteiger partial charge < -0.3 is 18.3 Å². The van der Waals surface area contributed by atoms with Crippen LogP contribution >= 0.6 is 11.8 Å². The summed E-state index contributed by atoms with van der Waals surface area (Å²) in [5.74, 6) is 2.44. The van der Waals surface area contributed by atoms with Crippen molar-refractivity contribution in [3.05, 3.63) is 48.5 Å². The summed E-state index contributed by atoms with van der Waals surface area (Å²) >= 11 is 1.58. The minimum absolute atomic E-state index is 0.0277. The Hall–Kier alpha value is -3.46. The number of anilines is 1. The molecule has 0 aliphatic rings. The van der Waals surface area contributed by atoms with Crippen molar-refractivity contribution < 1.29 is 23.1 Å². The molecule has 0 saturated heterocycles. The van der Waals surface area contributed by atoms with Gasteiger partial charge in [-0.25, -0.2) is 0 Å². The molecule has 4 aromatic rings. The summed E-state index contributed by atoms with van der Waals surface area (Å²) in [6, 6.07) is 15.1. The molecule has 8 nitrogen and oxygen atoms in total. The molecule has 2 aromatic heterocycles. The van der Waals surface area contributed by atoms with E-state index < -0.39 is 0 Å². The van der Waals surface area contributed by atoms with Crippen molar-refractivity contribution in [2.75, 3.05) is 24.8 Å². The van der Waals surface area contributed by atoms with Gasteiger partial charge in [0.15, 0.2) is 17.1 Å². The lowest BCUT2D eigenvalue weighted by atomic mass is 10.2. The normalized spacial score (nSPS) is 10.9. The number of hydrogen-bond acceptors (Lipinski definition) is 8. The molecule has 31 heavy (non-hydrogen) atoms. The van der Waals surface area contributed by atoms with E-state index >= 15 is 0 Å². The summed E-state index contributed by atoms with van der Waals surface area (Å²) in [5.41, 5.74) is 0.610. The lowest BCUT2D eigenvalue weighted by Crippen LogP contribution is -2.12. The molecule has 2 heterocycles. The minimum atomic E-state index is -0.209. The number of thioether (sulfide) groups is 1. The van der Waals surface area contributed by atoms with Crippen LogP contribution in [0.2, 0.25) is 0 Å². The molecule has 9 heteroatoms. The van der Waals surface area contributed by atoms with Crippen LogP contribution in [0.3, 0.4) is 0 Å². The Balaban J connectivity index is 1.34. The van der Waals surface area contributed by atoms with Gasteiger partial charge in [0.1, 0.15) is 5.75 Å². The van der Waals surface area contributed by atoms with Gasteiger partial charge in [-0.15, -0.1) is 16.9 Å². The smallest absolute Gasteiger partial charge is 0.322 e. The number of methoxy groups -OCH3 is 1. The van der Waals surface area contributed by atoms with Crippen LogP contribution in [0.4, 0.5) is 6.01 Å². The SMILES string of the molecule is CCOc1cccc2cc(-c3nnc(NC(=O)CCSc4ccc(OC)cc4)o3)oc12. The minimum Gasteiger partial charge on any atom is -0.497 e. The van der Waals surface area contributed by atoms with E-state index in [-0.39, 0.29) is 17.8 Å². The Labute approximate surface area is 182 Å². The topological polar surface area (TPSA) is 99.6 Å². The third-order valence-electron chi connectivity index (χ3n) is 4.35. The standard InChI is InChI=1S/C22H21N3O5S/c1-3-28-17-6-4-5-14-13-18(29-20(14)17)21-24-25-22(30-21)23-19(26)11-12-31-16-9-7-15(27-2)8-10-16/h4-10,13H,3,11-12H2,1-2H3,(H,23,25,26). The molecule has 160 valence electrons. The molecule has 0 aliphatic heterocycles. The van der Waals surface area contributed by atoms with Crippen LogP contribution in [0.5, 0.6) is 11.5 Å². The first kappa shape index (κ1) is 20.8.